The molecule has 0 atom stereocenters. The van der Waals surface area contributed by atoms with Gasteiger partial charge in [0.05, 0.1) is 0 Å². The Morgan fingerprint density at radius 2 is 2.00 bits per heavy atom. The zero-order valence-corrected chi connectivity index (χ0v) is 10.3. The van der Waals surface area contributed by atoms with Crippen molar-refractivity contribution in [2.24, 2.45) is 5.92 Å². The Bertz CT molecular complexity index is 308. The van der Waals surface area contributed by atoms with Crippen LogP contribution < -0.4 is 5.32 Å². The van der Waals surface area contributed by atoms with Gasteiger partial charge in [-0.15, -0.1) is 11.8 Å². The second kappa shape index (κ2) is 6.16. The highest BCUT2D eigenvalue weighted by molar-refractivity contribution is 7.99. The second-order valence-corrected chi connectivity index (χ2v) is 5.44. The lowest BCUT2D eigenvalue weighted by Gasteiger charge is -2.06. The average molecular weight is 237 g/mol. The number of hydrogen-bond acceptors (Lipinski definition) is 3. The number of hydrogen-bond donors (Lipinski definition) is 2. The normalized spacial score (nSPS) is 15.1. The smallest absolute Gasteiger partial charge is 0.0439 e. The maximum Gasteiger partial charge on any atom is 0.0439 e. The minimum atomic E-state index is 0.286. The van der Waals surface area contributed by atoms with Crippen LogP contribution in [0.4, 0.5) is 5.69 Å². The molecule has 3 heteroatoms. The maximum atomic E-state index is 8.69. The third-order valence-electron chi connectivity index (χ3n) is 2.72. The maximum absolute atomic E-state index is 8.69. The van der Waals surface area contributed by atoms with Gasteiger partial charge in [0.15, 0.2) is 0 Å². The molecule has 2 nitrogen and oxygen atoms in total. The summed E-state index contributed by atoms with van der Waals surface area (Å²) in [6.45, 7) is 1.41. The lowest BCUT2D eigenvalue weighted by molar-refractivity contribution is 0.296. The van der Waals surface area contributed by atoms with E-state index in [0.29, 0.717) is 0 Å². The van der Waals surface area contributed by atoms with Crippen molar-refractivity contribution >= 4 is 17.4 Å². The van der Waals surface area contributed by atoms with E-state index in [1.165, 1.54) is 23.4 Å². The van der Waals surface area contributed by atoms with Crippen LogP contribution in [0.1, 0.15) is 19.3 Å². The SMILES string of the molecule is OCCCSc1ccc(NCC2CC2)cc1. The van der Waals surface area contributed by atoms with Crippen LogP contribution in [-0.2, 0) is 0 Å². The fourth-order valence-electron chi connectivity index (χ4n) is 1.51. The van der Waals surface area contributed by atoms with Crippen molar-refractivity contribution in [1.29, 1.82) is 0 Å². The Labute approximate surface area is 101 Å². The van der Waals surface area contributed by atoms with Gasteiger partial charge in [-0.25, -0.2) is 0 Å². The van der Waals surface area contributed by atoms with E-state index in [2.05, 4.69) is 29.6 Å². The number of anilines is 1. The van der Waals surface area contributed by atoms with E-state index in [9.17, 15) is 0 Å². The van der Waals surface area contributed by atoms with Crippen molar-refractivity contribution in [1.82, 2.24) is 0 Å². The fraction of sp³-hybridized carbons (Fsp3) is 0.538. The van der Waals surface area contributed by atoms with E-state index in [1.54, 1.807) is 11.8 Å². The molecule has 0 saturated heterocycles. The molecular formula is C13H19NOS. The number of thioether (sulfide) groups is 1. The van der Waals surface area contributed by atoms with E-state index >= 15 is 0 Å². The molecule has 0 amide bonds. The van der Waals surface area contributed by atoms with E-state index in [0.717, 1.165) is 24.6 Å². The molecule has 0 radical (unpaired) electrons. The number of nitrogens with one attached hydrogen (secondary N) is 1. The van der Waals surface area contributed by atoms with Gasteiger partial charge in [0.25, 0.3) is 0 Å². The lowest BCUT2D eigenvalue weighted by Crippen LogP contribution is -2.02. The molecule has 2 rings (SSSR count). The van der Waals surface area contributed by atoms with Gasteiger partial charge in [0.1, 0.15) is 0 Å². The Kier molecular flexibility index (Phi) is 4.55. The van der Waals surface area contributed by atoms with Crippen LogP contribution in [0, 0.1) is 5.92 Å². The van der Waals surface area contributed by atoms with Crippen molar-refractivity contribution < 1.29 is 5.11 Å². The molecule has 16 heavy (non-hydrogen) atoms. The quantitative estimate of drug-likeness (QED) is 0.565. The van der Waals surface area contributed by atoms with Crippen LogP contribution in [0.2, 0.25) is 0 Å². The van der Waals surface area contributed by atoms with Gasteiger partial charge in [-0.1, -0.05) is 0 Å². The first-order chi connectivity index (χ1) is 7.88. The second-order valence-electron chi connectivity index (χ2n) is 4.27. The predicted molar refractivity (Wildman–Crippen MR) is 70.1 cm³/mol. The minimum Gasteiger partial charge on any atom is -0.396 e. The van der Waals surface area contributed by atoms with Gasteiger partial charge in [0, 0.05) is 29.5 Å². The van der Waals surface area contributed by atoms with Crippen molar-refractivity contribution in [3.8, 4) is 0 Å². The summed E-state index contributed by atoms with van der Waals surface area (Å²) in [6.07, 6.45) is 3.65. The van der Waals surface area contributed by atoms with E-state index in [-0.39, 0.29) is 6.61 Å². The van der Waals surface area contributed by atoms with Gasteiger partial charge in [-0.05, 0) is 49.4 Å². The van der Waals surface area contributed by atoms with Gasteiger partial charge >= 0.3 is 0 Å². The standard InChI is InChI=1S/C13H19NOS/c15-8-1-9-16-13-6-4-12(5-7-13)14-10-11-2-3-11/h4-7,11,14-15H,1-3,8-10H2. The van der Waals surface area contributed by atoms with E-state index in [4.69, 9.17) is 5.11 Å². The first kappa shape index (κ1) is 11.8. The van der Waals surface area contributed by atoms with Crippen LogP contribution in [0.5, 0.6) is 0 Å². The van der Waals surface area contributed by atoms with Crippen molar-refractivity contribution in [3.63, 3.8) is 0 Å². The number of aliphatic hydroxyl groups is 1. The summed E-state index contributed by atoms with van der Waals surface area (Å²) in [5, 5.41) is 12.1. The predicted octanol–water partition coefficient (Wildman–Crippen LogP) is 2.98. The molecule has 1 aromatic rings. The number of aliphatic hydroxyl groups excluding tert-OH is 1. The Morgan fingerprint density at radius 1 is 1.25 bits per heavy atom. The minimum absolute atomic E-state index is 0.286. The summed E-state index contributed by atoms with van der Waals surface area (Å²) >= 11 is 1.80. The molecule has 1 fully saturated rings. The van der Waals surface area contributed by atoms with E-state index < -0.39 is 0 Å². The summed E-state index contributed by atoms with van der Waals surface area (Å²) in [6, 6.07) is 8.59. The molecule has 1 aliphatic rings. The van der Waals surface area contributed by atoms with Crippen LogP contribution in [0.25, 0.3) is 0 Å². The highest BCUT2D eigenvalue weighted by Crippen LogP contribution is 2.29. The van der Waals surface area contributed by atoms with Gasteiger partial charge < -0.3 is 10.4 Å². The monoisotopic (exact) mass is 237 g/mol. The first-order valence-corrected chi connectivity index (χ1v) is 6.94. The molecule has 1 aliphatic carbocycles. The highest BCUT2D eigenvalue weighted by Gasteiger charge is 2.20. The average Bonchev–Trinajstić information content (AvgIpc) is 3.12. The molecule has 88 valence electrons. The van der Waals surface area contributed by atoms with Gasteiger partial charge in [-0.2, -0.15) is 0 Å². The van der Waals surface area contributed by atoms with Crippen LogP contribution in [-0.4, -0.2) is 24.0 Å². The molecule has 0 unspecified atom stereocenters. The molecule has 0 heterocycles. The Balaban J connectivity index is 1.74. The molecule has 0 spiro atoms. The zero-order valence-electron chi connectivity index (χ0n) is 9.48. The third-order valence-corrected chi connectivity index (χ3v) is 3.82. The van der Waals surface area contributed by atoms with Crippen LogP contribution in [0.3, 0.4) is 0 Å². The van der Waals surface area contributed by atoms with Crippen LogP contribution in [0.15, 0.2) is 29.2 Å². The lowest BCUT2D eigenvalue weighted by atomic mass is 10.3. The first-order valence-electron chi connectivity index (χ1n) is 5.96. The van der Waals surface area contributed by atoms with Gasteiger partial charge in [-0.3, -0.25) is 0 Å². The summed E-state index contributed by atoms with van der Waals surface area (Å²) < 4.78 is 0. The molecule has 1 aromatic carbocycles. The van der Waals surface area contributed by atoms with Crippen LogP contribution >= 0.6 is 11.8 Å². The van der Waals surface area contributed by atoms with Gasteiger partial charge in [0.2, 0.25) is 0 Å². The molecule has 0 aliphatic heterocycles. The summed E-state index contributed by atoms with van der Waals surface area (Å²) in [7, 11) is 0. The topological polar surface area (TPSA) is 32.3 Å². The number of rotatable bonds is 7. The van der Waals surface area contributed by atoms with E-state index in [1.807, 2.05) is 0 Å². The molecule has 1 saturated carbocycles. The molecule has 0 bridgehead atoms. The van der Waals surface area contributed by atoms with Crippen molar-refractivity contribution in [2.75, 3.05) is 24.2 Å². The molecule has 0 aromatic heterocycles. The van der Waals surface area contributed by atoms with Crippen molar-refractivity contribution in [2.45, 2.75) is 24.2 Å². The summed E-state index contributed by atoms with van der Waals surface area (Å²) in [5.41, 5.74) is 1.22. The fourth-order valence-corrected chi connectivity index (χ4v) is 2.35. The third kappa shape index (κ3) is 4.06. The highest BCUT2D eigenvalue weighted by atomic mass is 32.2. The summed E-state index contributed by atoms with van der Waals surface area (Å²) in [4.78, 5) is 1.28. The number of benzene rings is 1. The Hall–Kier alpha value is -0.670. The van der Waals surface area contributed by atoms with Crippen molar-refractivity contribution in [3.05, 3.63) is 24.3 Å². The summed E-state index contributed by atoms with van der Waals surface area (Å²) in [5.74, 6) is 1.91. The largest absolute Gasteiger partial charge is 0.396 e. The zero-order chi connectivity index (χ0) is 11.2. The Morgan fingerprint density at radius 3 is 2.62 bits per heavy atom. The molecular weight excluding hydrogens is 218 g/mol. The molecule has 2 N–H and O–H groups in total.